The van der Waals surface area contributed by atoms with Crippen molar-refractivity contribution in [3.8, 4) is 0 Å². The number of hydrogen-bond acceptors (Lipinski definition) is 4. The Kier molecular flexibility index (Phi) is 7.73. The largest absolute Gasteiger partial charge is 0.452 e. The molecule has 98 valence electrons. The molecule has 0 aromatic heterocycles. The van der Waals surface area contributed by atoms with Gasteiger partial charge in [0, 0.05) is 0 Å². The second-order valence-electron chi connectivity index (χ2n) is 3.08. The van der Waals surface area contributed by atoms with Gasteiger partial charge in [-0.25, -0.2) is 8.68 Å². The van der Waals surface area contributed by atoms with Gasteiger partial charge in [0.2, 0.25) is 0 Å². The fourth-order valence-corrected chi connectivity index (χ4v) is 2.93. The van der Waals surface area contributed by atoms with Crippen LogP contribution in [0.2, 0.25) is 0 Å². The van der Waals surface area contributed by atoms with Crippen LogP contribution in [0.25, 0.3) is 0 Å². The maximum Gasteiger partial charge on any atom is 0.424 e. The van der Waals surface area contributed by atoms with Crippen molar-refractivity contribution in [1.82, 2.24) is 4.72 Å². The summed E-state index contributed by atoms with van der Waals surface area (Å²) in [5, 5.41) is 0. The van der Waals surface area contributed by atoms with E-state index >= 15 is 0 Å². The SMILES string of the molecule is CC[N+](CC)(CC)S(=O)(=O)NC(=O)OC.Cl. The minimum absolute atomic E-state index is 0. The maximum atomic E-state index is 11.9. The first-order valence-corrected chi connectivity index (χ1v) is 6.30. The Morgan fingerprint density at radius 2 is 1.56 bits per heavy atom. The Bertz CT molecular complexity index is 306. The molecule has 0 aromatic rings. The third-order valence-electron chi connectivity index (χ3n) is 2.64. The van der Waals surface area contributed by atoms with Crippen LogP contribution in [-0.4, -0.2) is 45.1 Å². The Morgan fingerprint density at radius 1 is 1.19 bits per heavy atom. The number of hydrogen-bond donors (Lipinski definition) is 1. The molecule has 8 heteroatoms. The van der Waals surface area contributed by atoms with Crippen LogP contribution in [0, 0.1) is 0 Å². The molecule has 0 aliphatic carbocycles. The van der Waals surface area contributed by atoms with E-state index in [1.165, 1.54) is 0 Å². The standard InChI is InChI=1S/C8H18N2O4S.ClH/c1-5-10(6-2,7-3)15(12,13)9-8(11)14-4;/h5-7H2,1-4H3;1H/p+1. The van der Waals surface area contributed by atoms with Gasteiger partial charge in [-0.2, -0.15) is 13.1 Å². The van der Waals surface area contributed by atoms with Crippen LogP contribution in [0.3, 0.4) is 0 Å². The normalized spacial score (nSPS) is 11.5. The van der Waals surface area contributed by atoms with Crippen molar-refractivity contribution < 1.29 is 21.8 Å². The van der Waals surface area contributed by atoms with Crippen LogP contribution in [0.15, 0.2) is 0 Å². The lowest BCUT2D eigenvalue weighted by atomic mass is 10.5. The number of quaternary nitrogens is 1. The number of carbonyl (C=O) groups excluding carboxylic acids is 1. The molecule has 0 heterocycles. The molecule has 6 nitrogen and oxygen atoms in total. The predicted molar refractivity (Wildman–Crippen MR) is 63.6 cm³/mol. The van der Waals surface area contributed by atoms with Gasteiger partial charge >= 0.3 is 16.3 Å². The third kappa shape index (κ3) is 3.50. The van der Waals surface area contributed by atoms with Crippen molar-refractivity contribution in [2.45, 2.75) is 20.8 Å². The fraction of sp³-hybridized carbons (Fsp3) is 0.875. The lowest BCUT2D eigenvalue weighted by Gasteiger charge is -2.32. The molecular formula is C8H20ClN2O4S+. The van der Waals surface area contributed by atoms with Crippen molar-refractivity contribution in [3.05, 3.63) is 0 Å². The van der Waals surface area contributed by atoms with Crippen molar-refractivity contribution in [2.75, 3.05) is 26.7 Å². The van der Waals surface area contributed by atoms with E-state index in [4.69, 9.17) is 0 Å². The summed E-state index contributed by atoms with van der Waals surface area (Å²) in [6, 6.07) is 0. The summed E-state index contributed by atoms with van der Waals surface area (Å²) in [6.07, 6.45) is -0.951. The van der Waals surface area contributed by atoms with E-state index < -0.39 is 16.3 Å². The van der Waals surface area contributed by atoms with E-state index in [9.17, 15) is 13.2 Å². The molecule has 0 radical (unpaired) electrons. The van der Waals surface area contributed by atoms with Gasteiger partial charge in [0.05, 0.1) is 26.7 Å². The van der Waals surface area contributed by atoms with Gasteiger partial charge in [-0.05, 0) is 20.8 Å². The first-order valence-electron chi connectivity index (χ1n) is 4.86. The van der Waals surface area contributed by atoms with E-state index in [1.807, 2.05) is 4.72 Å². The van der Waals surface area contributed by atoms with E-state index in [2.05, 4.69) is 4.74 Å². The van der Waals surface area contributed by atoms with E-state index in [1.54, 1.807) is 20.8 Å². The van der Waals surface area contributed by atoms with Crippen LogP contribution in [0.5, 0.6) is 0 Å². The average Bonchev–Trinajstić information content (AvgIpc) is 2.20. The fourth-order valence-electron chi connectivity index (χ4n) is 1.42. The van der Waals surface area contributed by atoms with Crippen LogP contribution < -0.4 is 4.72 Å². The van der Waals surface area contributed by atoms with E-state index in [0.717, 1.165) is 7.11 Å². The van der Waals surface area contributed by atoms with Gasteiger partial charge < -0.3 is 4.74 Å². The number of methoxy groups -OCH3 is 1. The summed E-state index contributed by atoms with van der Waals surface area (Å²) in [5.74, 6) is 0. The Morgan fingerprint density at radius 3 is 1.81 bits per heavy atom. The molecule has 1 amide bonds. The van der Waals surface area contributed by atoms with Gasteiger partial charge in [-0.15, -0.1) is 12.4 Å². The number of carbonyl (C=O) groups is 1. The molecule has 1 N–H and O–H groups in total. The summed E-state index contributed by atoms with van der Waals surface area (Å²) in [6.45, 7) is 6.51. The average molecular weight is 276 g/mol. The van der Waals surface area contributed by atoms with Crippen molar-refractivity contribution in [1.29, 1.82) is 0 Å². The zero-order valence-electron chi connectivity index (χ0n) is 10.0. The molecule has 0 saturated heterocycles. The maximum absolute atomic E-state index is 11.9. The Labute approximate surface area is 103 Å². The van der Waals surface area contributed by atoms with Gasteiger partial charge in [0.15, 0.2) is 0 Å². The van der Waals surface area contributed by atoms with Crippen LogP contribution in [0.4, 0.5) is 4.79 Å². The number of nitrogens with zero attached hydrogens (tertiary/aromatic N) is 1. The quantitative estimate of drug-likeness (QED) is 0.756. The molecule has 0 aliphatic rings. The third-order valence-corrected chi connectivity index (χ3v) is 4.86. The summed E-state index contributed by atoms with van der Waals surface area (Å²) in [4.78, 5) is 10.9. The smallest absolute Gasteiger partial charge is 0.424 e. The predicted octanol–water partition coefficient (Wildman–Crippen LogP) is 0.885. The topological polar surface area (TPSA) is 72.5 Å². The number of nitrogens with one attached hydrogen (secondary N) is 1. The van der Waals surface area contributed by atoms with Gasteiger partial charge in [-0.1, -0.05) is 0 Å². The minimum Gasteiger partial charge on any atom is -0.452 e. The number of amides is 1. The highest BCUT2D eigenvalue weighted by atomic mass is 35.5. The van der Waals surface area contributed by atoms with E-state index in [0.29, 0.717) is 19.6 Å². The first-order chi connectivity index (χ1) is 6.89. The Hall–Kier alpha value is -0.530. The molecule has 0 aliphatic heterocycles. The zero-order chi connectivity index (χ0) is 12.1. The molecule has 0 unspecified atom stereocenters. The number of halogens is 1. The molecule has 0 saturated carbocycles. The summed E-state index contributed by atoms with van der Waals surface area (Å²) in [7, 11) is -2.60. The molecule has 0 fully saturated rings. The molecular weight excluding hydrogens is 256 g/mol. The van der Waals surface area contributed by atoms with Crippen molar-refractivity contribution in [3.63, 3.8) is 0 Å². The van der Waals surface area contributed by atoms with Gasteiger partial charge in [0.1, 0.15) is 0 Å². The molecule has 0 spiro atoms. The van der Waals surface area contributed by atoms with Crippen LogP contribution >= 0.6 is 12.4 Å². The minimum atomic E-state index is -3.73. The highest BCUT2D eigenvalue weighted by Gasteiger charge is 2.38. The van der Waals surface area contributed by atoms with E-state index in [-0.39, 0.29) is 16.3 Å². The lowest BCUT2D eigenvalue weighted by molar-refractivity contribution is -0.801. The second kappa shape index (κ2) is 6.93. The monoisotopic (exact) mass is 275 g/mol. The Balaban J connectivity index is 0. The highest BCUT2D eigenvalue weighted by Crippen LogP contribution is 2.12. The summed E-state index contributed by atoms with van der Waals surface area (Å²) in [5.41, 5.74) is 0. The molecule has 0 atom stereocenters. The highest BCUT2D eigenvalue weighted by molar-refractivity contribution is 7.84. The second-order valence-corrected chi connectivity index (χ2v) is 5.00. The first kappa shape index (κ1) is 17.9. The van der Waals surface area contributed by atoms with Gasteiger partial charge in [-0.3, -0.25) is 0 Å². The van der Waals surface area contributed by atoms with Crippen LogP contribution in [-0.2, 0) is 14.9 Å². The molecule has 16 heavy (non-hydrogen) atoms. The molecule has 0 rings (SSSR count). The number of ether oxygens (including phenoxy) is 1. The zero-order valence-corrected chi connectivity index (χ0v) is 11.7. The van der Waals surface area contributed by atoms with Crippen molar-refractivity contribution >= 4 is 28.7 Å². The molecule has 0 aromatic carbocycles. The lowest BCUT2D eigenvalue weighted by Crippen LogP contribution is -2.58. The number of rotatable bonds is 5. The van der Waals surface area contributed by atoms with Crippen molar-refractivity contribution in [2.24, 2.45) is 0 Å². The summed E-state index contributed by atoms with van der Waals surface area (Å²) < 4.78 is 29.7. The molecule has 0 bridgehead atoms. The van der Waals surface area contributed by atoms with Crippen LogP contribution in [0.1, 0.15) is 20.8 Å². The summed E-state index contributed by atoms with van der Waals surface area (Å²) >= 11 is 0. The van der Waals surface area contributed by atoms with Gasteiger partial charge in [0.25, 0.3) is 0 Å².